The molecule has 0 saturated heterocycles. The van der Waals surface area contributed by atoms with Crippen molar-refractivity contribution in [3.05, 3.63) is 107 Å². The Morgan fingerprint density at radius 1 is 1.03 bits per heavy atom. The van der Waals surface area contributed by atoms with Crippen molar-refractivity contribution in [2.75, 3.05) is 5.32 Å². The van der Waals surface area contributed by atoms with Gasteiger partial charge in [0.05, 0.1) is 23.5 Å². The maximum Gasteiger partial charge on any atom is 0.337 e. The summed E-state index contributed by atoms with van der Waals surface area (Å²) < 4.78 is 35.8. The Balaban J connectivity index is 1.51. The predicted octanol–water partition coefficient (Wildman–Crippen LogP) is 4.41. The number of nitrogens with one attached hydrogen (secondary N) is 1. The summed E-state index contributed by atoms with van der Waals surface area (Å²) in [6, 6.07) is 12.2. The minimum atomic E-state index is -1.04. The number of aromatic nitrogens is 2. The molecule has 0 atom stereocenters. The highest BCUT2D eigenvalue weighted by Gasteiger charge is 2.14. The summed E-state index contributed by atoms with van der Waals surface area (Å²) >= 11 is 0. The lowest BCUT2D eigenvalue weighted by molar-refractivity contribution is 0.0696. The molecular weight excluding hydrogens is 458 g/mol. The lowest BCUT2D eigenvalue weighted by Gasteiger charge is -2.11. The SMILES string of the molecule is NCc1ccc(F)c(NC(=O)c2ccc(F)c(Oc3ccnc(Cn4ccc(C(=O)O)c4)c3)c2)c1. The first-order valence-corrected chi connectivity index (χ1v) is 10.4. The number of benzene rings is 2. The maximum atomic E-state index is 14.4. The number of ether oxygens (including phenoxy) is 1. The van der Waals surface area contributed by atoms with Crippen LogP contribution in [-0.4, -0.2) is 26.5 Å². The fourth-order valence-corrected chi connectivity index (χ4v) is 3.30. The molecule has 4 N–H and O–H groups in total. The van der Waals surface area contributed by atoms with Gasteiger partial charge in [-0.05, 0) is 48.0 Å². The van der Waals surface area contributed by atoms with Gasteiger partial charge in [0.25, 0.3) is 5.91 Å². The third-order valence-corrected chi connectivity index (χ3v) is 5.07. The molecule has 0 aliphatic rings. The summed E-state index contributed by atoms with van der Waals surface area (Å²) in [7, 11) is 0. The lowest BCUT2D eigenvalue weighted by Crippen LogP contribution is -2.14. The molecule has 0 aliphatic carbocycles. The molecule has 0 fully saturated rings. The molecule has 178 valence electrons. The van der Waals surface area contributed by atoms with E-state index < -0.39 is 23.5 Å². The molecule has 4 aromatic rings. The van der Waals surface area contributed by atoms with E-state index in [1.54, 1.807) is 16.8 Å². The van der Waals surface area contributed by atoms with Gasteiger partial charge in [0, 0.05) is 36.8 Å². The number of halogens is 2. The number of amides is 1. The van der Waals surface area contributed by atoms with Crippen LogP contribution in [0.4, 0.5) is 14.5 Å². The fourth-order valence-electron chi connectivity index (χ4n) is 3.30. The Labute approximate surface area is 198 Å². The summed E-state index contributed by atoms with van der Waals surface area (Å²) in [6.07, 6.45) is 4.53. The molecule has 4 rings (SSSR count). The number of carboxylic acids is 1. The van der Waals surface area contributed by atoms with E-state index in [-0.39, 0.29) is 41.4 Å². The van der Waals surface area contributed by atoms with Crippen molar-refractivity contribution in [2.24, 2.45) is 5.73 Å². The van der Waals surface area contributed by atoms with E-state index in [1.807, 2.05) is 0 Å². The topological polar surface area (TPSA) is 119 Å². The molecular formula is C25H20F2N4O4. The minimum Gasteiger partial charge on any atom is -0.478 e. The largest absolute Gasteiger partial charge is 0.478 e. The van der Waals surface area contributed by atoms with Crippen LogP contribution in [-0.2, 0) is 13.1 Å². The van der Waals surface area contributed by atoms with Crippen molar-refractivity contribution < 1.29 is 28.2 Å². The standard InChI is InChI=1S/C25H20F2N4O4/c26-20-3-1-15(12-28)9-22(20)30-24(32)16-2-4-21(27)23(10-16)35-19-5-7-29-18(11-19)14-31-8-6-17(13-31)25(33)34/h1-11,13H,12,14,28H2,(H,30,32)(H,33,34). The number of anilines is 1. The van der Waals surface area contributed by atoms with Crippen molar-refractivity contribution in [2.45, 2.75) is 13.1 Å². The summed E-state index contributed by atoms with van der Waals surface area (Å²) in [4.78, 5) is 27.9. The molecule has 8 nitrogen and oxygen atoms in total. The summed E-state index contributed by atoms with van der Waals surface area (Å²) in [5.74, 6) is -2.97. The van der Waals surface area contributed by atoms with E-state index in [2.05, 4.69) is 10.3 Å². The second-order valence-electron chi connectivity index (χ2n) is 7.58. The monoisotopic (exact) mass is 478 g/mol. The number of carbonyl (C=O) groups excluding carboxylic acids is 1. The van der Waals surface area contributed by atoms with Gasteiger partial charge < -0.3 is 25.5 Å². The highest BCUT2D eigenvalue weighted by atomic mass is 19.1. The molecule has 0 saturated carbocycles. The first kappa shape index (κ1) is 23.6. The van der Waals surface area contributed by atoms with Crippen molar-refractivity contribution in [3.8, 4) is 11.5 Å². The number of aromatic carboxylic acids is 1. The number of rotatable bonds is 8. The van der Waals surface area contributed by atoms with Crippen LogP contribution in [0, 0.1) is 11.6 Å². The molecule has 0 spiro atoms. The van der Waals surface area contributed by atoms with E-state index in [0.717, 1.165) is 6.07 Å². The smallest absolute Gasteiger partial charge is 0.337 e. The number of nitrogens with zero attached hydrogens (tertiary/aromatic N) is 2. The van der Waals surface area contributed by atoms with Crippen LogP contribution in [0.25, 0.3) is 0 Å². The summed E-state index contributed by atoms with van der Waals surface area (Å²) in [5.41, 5.74) is 6.90. The minimum absolute atomic E-state index is 0.0420. The van der Waals surface area contributed by atoms with E-state index in [0.29, 0.717) is 11.3 Å². The van der Waals surface area contributed by atoms with Gasteiger partial charge in [-0.25, -0.2) is 13.6 Å². The highest BCUT2D eigenvalue weighted by Crippen LogP contribution is 2.27. The average Bonchev–Trinajstić information content (AvgIpc) is 3.31. The number of hydrogen-bond acceptors (Lipinski definition) is 5. The van der Waals surface area contributed by atoms with Crippen LogP contribution in [0.3, 0.4) is 0 Å². The van der Waals surface area contributed by atoms with E-state index in [4.69, 9.17) is 15.6 Å². The molecule has 0 bridgehead atoms. The Morgan fingerprint density at radius 2 is 1.83 bits per heavy atom. The number of nitrogens with two attached hydrogens (primary N) is 1. The van der Waals surface area contributed by atoms with Gasteiger partial charge in [0.1, 0.15) is 11.6 Å². The van der Waals surface area contributed by atoms with E-state index in [9.17, 15) is 18.4 Å². The Morgan fingerprint density at radius 3 is 2.57 bits per heavy atom. The molecule has 2 aromatic carbocycles. The third-order valence-electron chi connectivity index (χ3n) is 5.07. The van der Waals surface area contributed by atoms with Crippen molar-refractivity contribution in [3.63, 3.8) is 0 Å². The number of hydrogen-bond donors (Lipinski definition) is 3. The van der Waals surface area contributed by atoms with Gasteiger partial charge in [-0.2, -0.15) is 0 Å². The lowest BCUT2D eigenvalue weighted by atomic mass is 10.1. The van der Waals surface area contributed by atoms with Gasteiger partial charge in [-0.3, -0.25) is 9.78 Å². The molecule has 1 amide bonds. The molecule has 0 unspecified atom stereocenters. The number of carboxylic acid groups (broad SMARTS) is 1. The van der Waals surface area contributed by atoms with Gasteiger partial charge >= 0.3 is 5.97 Å². The van der Waals surface area contributed by atoms with Gasteiger partial charge in [-0.15, -0.1) is 0 Å². The summed E-state index contributed by atoms with van der Waals surface area (Å²) in [6.45, 7) is 0.444. The average molecular weight is 478 g/mol. The first-order chi connectivity index (χ1) is 16.8. The molecule has 35 heavy (non-hydrogen) atoms. The Bertz CT molecular complexity index is 1400. The Hall–Kier alpha value is -4.57. The zero-order valence-corrected chi connectivity index (χ0v) is 18.2. The van der Waals surface area contributed by atoms with Crippen LogP contribution in [0.2, 0.25) is 0 Å². The molecule has 10 heteroatoms. The second kappa shape index (κ2) is 10.1. The van der Waals surface area contributed by atoms with Gasteiger partial charge in [-0.1, -0.05) is 6.07 Å². The Kier molecular flexibility index (Phi) is 6.83. The van der Waals surface area contributed by atoms with Crippen molar-refractivity contribution in [1.82, 2.24) is 9.55 Å². The molecule has 2 heterocycles. The van der Waals surface area contributed by atoms with E-state index >= 15 is 0 Å². The maximum absolute atomic E-state index is 14.4. The van der Waals surface area contributed by atoms with Gasteiger partial charge in [0.15, 0.2) is 11.6 Å². The van der Waals surface area contributed by atoms with Crippen LogP contribution in [0.15, 0.2) is 73.2 Å². The zero-order valence-electron chi connectivity index (χ0n) is 18.2. The third kappa shape index (κ3) is 5.68. The normalized spacial score (nSPS) is 10.7. The van der Waals surface area contributed by atoms with Crippen molar-refractivity contribution >= 4 is 17.6 Å². The van der Waals surface area contributed by atoms with Gasteiger partial charge in [0.2, 0.25) is 0 Å². The van der Waals surface area contributed by atoms with E-state index in [1.165, 1.54) is 54.9 Å². The molecule has 0 radical (unpaired) electrons. The number of carbonyl (C=O) groups is 2. The quantitative estimate of drug-likeness (QED) is 0.345. The predicted molar refractivity (Wildman–Crippen MR) is 123 cm³/mol. The van der Waals surface area contributed by atoms with Crippen LogP contribution < -0.4 is 15.8 Å². The second-order valence-corrected chi connectivity index (χ2v) is 7.58. The zero-order chi connectivity index (χ0) is 24.9. The van der Waals surface area contributed by atoms with Crippen LogP contribution in [0.5, 0.6) is 11.5 Å². The molecule has 2 aromatic heterocycles. The molecule has 0 aliphatic heterocycles. The first-order valence-electron chi connectivity index (χ1n) is 10.4. The summed E-state index contributed by atoms with van der Waals surface area (Å²) in [5, 5.41) is 11.5. The number of pyridine rings is 1. The van der Waals surface area contributed by atoms with Crippen LogP contribution >= 0.6 is 0 Å². The fraction of sp³-hybridized carbons (Fsp3) is 0.0800. The van der Waals surface area contributed by atoms with Crippen molar-refractivity contribution in [1.29, 1.82) is 0 Å². The highest BCUT2D eigenvalue weighted by molar-refractivity contribution is 6.04. The van der Waals surface area contributed by atoms with Crippen LogP contribution in [0.1, 0.15) is 32.0 Å².